The molecule has 0 radical (unpaired) electrons. The zero-order chi connectivity index (χ0) is 37.5. The van der Waals surface area contributed by atoms with Crippen molar-refractivity contribution in [1.82, 2.24) is 0 Å². The Morgan fingerprint density at radius 1 is 0.316 bits per heavy atom. The molecule has 1 aliphatic carbocycles. The van der Waals surface area contributed by atoms with E-state index in [2.05, 4.69) is 217 Å². The molecule has 0 fully saturated rings. The van der Waals surface area contributed by atoms with Gasteiger partial charge in [-0.1, -0.05) is 194 Å². The monoisotopic (exact) mass is 741 g/mol. The third-order valence-corrected chi connectivity index (χ3v) is 13.5. The van der Waals surface area contributed by atoms with Crippen molar-refractivity contribution in [2.45, 2.75) is 15.2 Å². The molecule has 0 atom stereocenters. The second-order valence-electron chi connectivity index (χ2n) is 15.1. The molecule has 0 unspecified atom stereocenters. The van der Waals surface area contributed by atoms with Gasteiger partial charge in [-0.05, 0) is 91.0 Å². The van der Waals surface area contributed by atoms with Gasteiger partial charge < -0.3 is 4.90 Å². The number of rotatable bonds is 4. The summed E-state index contributed by atoms with van der Waals surface area (Å²) in [6.45, 7) is 0. The van der Waals surface area contributed by atoms with Gasteiger partial charge in [-0.3, -0.25) is 0 Å². The Labute approximate surface area is 336 Å². The van der Waals surface area contributed by atoms with Crippen LogP contribution in [-0.2, 0) is 5.41 Å². The first-order valence-corrected chi connectivity index (χ1v) is 20.5. The fraction of sp³-hybridized carbons (Fsp3) is 0.0182. The quantitative estimate of drug-likeness (QED) is 0.177. The van der Waals surface area contributed by atoms with Gasteiger partial charge >= 0.3 is 0 Å². The van der Waals surface area contributed by atoms with Gasteiger partial charge in [0.25, 0.3) is 0 Å². The lowest BCUT2D eigenvalue weighted by atomic mass is 9.59. The maximum absolute atomic E-state index is 2.54. The van der Waals surface area contributed by atoms with Crippen LogP contribution in [-0.4, -0.2) is 0 Å². The first kappa shape index (κ1) is 32.4. The summed E-state index contributed by atoms with van der Waals surface area (Å²) < 4.78 is 0. The molecule has 266 valence electrons. The Bertz CT molecular complexity index is 3180. The van der Waals surface area contributed by atoms with Gasteiger partial charge in [0.05, 0.1) is 22.5 Å². The van der Waals surface area contributed by atoms with E-state index in [-0.39, 0.29) is 0 Å². The average molecular weight is 742 g/mol. The van der Waals surface area contributed by atoms with E-state index >= 15 is 0 Å². The molecule has 2 aliphatic rings. The number of fused-ring (bicyclic) bond motifs is 10. The SMILES string of the molecule is c1ccc(-c2cccc3c(N(c4cccc5ccccc45)c4ccc5c6c(cccc46)C4(c6ccccc6Sc6ccccc64)c4ccccc4-5)cccc23)cc1. The Kier molecular flexibility index (Phi) is 7.14. The summed E-state index contributed by atoms with van der Waals surface area (Å²) in [7, 11) is 0. The number of nitrogens with zero attached hydrogens (tertiary/aromatic N) is 1. The largest absolute Gasteiger partial charge is 0.309 e. The van der Waals surface area contributed by atoms with Crippen LogP contribution in [0.4, 0.5) is 17.1 Å². The predicted octanol–water partition coefficient (Wildman–Crippen LogP) is 15.1. The molecular formula is C55H35NS. The van der Waals surface area contributed by atoms with Crippen molar-refractivity contribution < 1.29 is 0 Å². The molecule has 0 bridgehead atoms. The van der Waals surface area contributed by atoms with Crippen LogP contribution in [0.1, 0.15) is 22.3 Å². The van der Waals surface area contributed by atoms with Crippen LogP contribution in [0, 0.1) is 0 Å². The lowest BCUT2D eigenvalue weighted by molar-refractivity contribution is 0.707. The molecule has 0 saturated carbocycles. The smallest absolute Gasteiger partial charge is 0.0735 e. The lowest BCUT2D eigenvalue weighted by Crippen LogP contribution is -2.36. The molecule has 2 heteroatoms. The molecule has 0 amide bonds. The third-order valence-electron chi connectivity index (χ3n) is 12.3. The maximum Gasteiger partial charge on any atom is 0.0735 e. The van der Waals surface area contributed by atoms with Crippen LogP contribution in [0.2, 0.25) is 0 Å². The third kappa shape index (κ3) is 4.59. The summed E-state index contributed by atoms with van der Waals surface area (Å²) in [4.78, 5) is 5.16. The standard InChI is InChI=1S/C55H35NS/c1-2-16-36(17-3-1)38-22-13-24-42-40(38)23-15-31-50(42)56(49-30-12-19-37-18-4-5-20-39(37)49)51-35-34-43-41-21-6-7-26-45(41)55(48-29-14-25-44(51)54(43)48)46-27-8-10-32-52(46)57-53-33-11-9-28-47(53)55/h1-35H. The second kappa shape index (κ2) is 12.6. The molecule has 1 spiro atoms. The van der Waals surface area contributed by atoms with E-state index in [9.17, 15) is 0 Å². The van der Waals surface area contributed by atoms with E-state index in [4.69, 9.17) is 0 Å². The first-order valence-electron chi connectivity index (χ1n) is 19.7. The number of hydrogen-bond acceptors (Lipinski definition) is 2. The van der Waals surface area contributed by atoms with Gasteiger partial charge in [0.15, 0.2) is 0 Å². The first-order chi connectivity index (χ1) is 28.3. The van der Waals surface area contributed by atoms with Crippen LogP contribution >= 0.6 is 11.8 Å². The van der Waals surface area contributed by atoms with Gasteiger partial charge in [-0.15, -0.1) is 0 Å². The topological polar surface area (TPSA) is 3.24 Å². The molecule has 12 rings (SSSR count). The van der Waals surface area contributed by atoms with Crippen LogP contribution in [0.3, 0.4) is 0 Å². The molecular weight excluding hydrogens is 707 g/mol. The summed E-state index contributed by atoms with van der Waals surface area (Å²) in [5, 5.41) is 7.41. The minimum absolute atomic E-state index is 0.492. The summed E-state index contributed by atoms with van der Waals surface area (Å²) in [5.41, 5.74) is 13.4. The van der Waals surface area contributed by atoms with Crippen molar-refractivity contribution in [3.63, 3.8) is 0 Å². The molecule has 1 nitrogen and oxygen atoms in total. The van der Waals surface area contributed by atoms with Crippen molar-refractivity contribution in [2.24, 2.45) is 0 Å². The molecule has 10 aromatic carbocycles. The van der Waals surface area contributed by atoms with E-state index in [0.717, 1.165) is 17.1 Å². The normalized spacial score (nSPS) is 13.3. The highest BCUT2D eigenvalue weighted by Crippen LogP contribution is 2.62. The molecule has 10 aromatic rings. The Morgan fingerprint density at radius 3 is 1.67 bits per heavy atom. The lowest BCUT2D eigenvalue weighted by Gasteiger charge is -2.46. The van der Waals surface area contributed by atoms with E-state index in [1.54, 1.807) is 0 Å². The Hall–Kier alpha value is -6.87. The van der Waals surface area contributed by atoms with Gasteiger partial charge in [-0.25, -0.2) is 0 Å². The highest BCUT2D eigenvalue weighted by atomic mass is 32.2. The molecule has 0 N–H and O–H groups in total. The van der Waals surface area contributed by atoms with Crippen molar-refractivity contribution in [2.75, 3.05) is 4.90 Å². The highest BCUT2D eigenvalue weighted by Gasteiger charge is 2.48. The van der Waals surface area contributed by atoms with Gasteiger partial charge in [0.2, 0.25) is 0 Å². The molecule has 1 aliphatic heterocycles. The van der Waals surface area contributed by atoms with Crippen LogP contribution in [0.15, 0.2) is 222 Å². The maximum atomic E-state index is 2.54. The summed E-state index contributed by atoms with van der Waals surface area (Å²) >= 11 is 1.89. The molecule has 0 saturated heterocycles. The van der Waals surface area contributed by atoms with Gasteiger partial charge in [0.1, 0.15) is 0 Å². The zero-order valence-corrected chi connectivity index (χ0v) is 31.9. The van der Waals surface area contributed by atoms with E-state index in [0.29, 0.717) is 0 Å². The van der Waals surface area contributed by atoms with Crippen molar-refractivity contribution in [3.8, 4) is 22.3 Å². The Morgan fingerprint density at radius 2 is 0.842 bits per heavy atom. The number of anilines is 3. The van der Waals surface area contributed by atoms with Crippen LogP contribution in [0.5, 0.6) is 0 Å². The second-order valence-corrected chi connectivity index (χ2v) is 16.2. The van der Waals surface area contributed by atoms with Crippen LogP contribution < -0.4 is 4.90 Å². The fourth-order valence-electron chi connectivity index (χ4n) is 10.0. The number of hydrogen-bond donors (Lipinski definition) is 0. The molecule has 1 heterocycles. The van der Waals surface area contributed by atoms with E-state index in [1.165, 1.54) is 86.6 Å². The van der Waals surface area contributed by atoms with Crippen molar-refractivity contribution in [3.05, 3.63) is 235 Å². The summed E-state index contributed by atoms with van der Waals surface area (Å²) in [5.74, 6) is 0. The average Bonchev–Trinajstić information content (AvgIpc) is 3.28. The van der Waals surface area contributed by atoms with E-state index < -0.39 is 5.41 Å². The summed E-state index contributed by atoms with van der Waals surface area (Å²) in [6.07, 6.45) is 0. The van der Waals surface area contributed by atoms with Gasteiger partial charge in [0, 0.05) is 25.9 Å². The summed E-state index contributed by atoms with van der Waals surface area (Å²) in [6, 6.07) is 78.9. The predicted molar refractivity (Wildman–Crippen MR) is 241 cm³/mol. The molecule has 0 aromatic heterocycles. The Balaban J connectivity index is 1.21. The minimum atomic E-state index is -0.492. The highest BCUT2D eigenvalue weighted by molar-refractivity contribution is 7.99. The minimum Gasteiger partial charge on any atom is -0.309 e. The fourth-order valence-corrected chi connectivity index (χ4v) is 11.2. The van der Waals surface area contributed by atoms with Crippen LogP contribution in [0.25, 0.3) is 54.6 Å². The van der Waals surface area contributed by atoms with Gasteiger partial charge in [-0.2, -0.15) is 0 Å². The van der Waals surface area contributed by atoms with E-state index in [1.807, 2.05) is 11.8 Å². The zero-order valence-electron chi connectivity index (χ0n) is 31.1. The molecule has 57 heavy (non-hydrogen) atoms. The van der Waals surface area contributed by atoms with Crippen molar-refractivity contribution >= 4 is 61.1 Å². The number of benzene rings is 10. The van der Waals surface area contributed by atoms with Crippen molar-refractivity contribution in [1.29, 1.82) is 0 Å².